The fraction of sp³-hybridized carbons (Fsp3) is 0.500. The molecule has 0 saturated carbocycles. The summed E-state index contributed by atoms with van der Waals surface area (Å²) in [5, 5.41) is 9.02. The number of amides is 2. The zero-order valence-electron chi connectivity index (χ0n) is 13.0. The number of carboxylic acid groups (broad SMARTS) is 1. The number of benzene rings is 1. The maximum Gasteiger partial charge on any atom is 0.335 e. The van der Waals surface area contributed by atoms with E-state index in [4.69, 9.17) is 5.11 Å². The summed E-state index contributed by atoms with van der Waals surface area (Å²) in [6, 6.07) is 4.91. The van der Waals surface area contributed by atoms with Gasteiger partial charge in [-0.2, -0.15) is 0 Å². The van der Waals surface area contributed by atoms with Crippen molar-refractivity contribution in [3.63, 3.8) is 0 Å². The van der Waals surface area contributed by atoms with Gasteiger partial charge >= 0.3 is 12.0 Å². The molecule has 0 saturated heterocycles. The monoisotopic (exact) mass is 290 g/mol. The Morgan fingerprint density at radius 3 is 2.57 bits per heavy atom. The second-order valence-electron chi connectivity index (χ2n) is 6.75. The molecule has 0 atom stereocenters. The second-order valence-corrected chi connectivity index (χ2v) is 6.75. The number of anilines is 1. The Kier molecular flexibility index (Phi) is 3.94. The van der Waals surface area contributed by atoms with E-state index in [1.807, 2.05) is 0 Å². The first kappa shape index (κ1) is 15.4. The number of carbonyl (C=O) groups is 2. The second kappa shape index (κ2) is 5.39. The summed E-state index contributed by atoms with van der Waals surface area (Å²) in [7, 11) is 1.80. The van der Waals surface area contributed by atoms with E-state index in [9.17, 15) is 9.59 Å². The first-order valence-electron chi connectivity index (χ1n) is 7.08. The number of hydrogen-bond acceptors (Lipinski definition) is 2. The topological polar surface area (TPSA) is 60.9 Å². The Morgan fingerprint density at radius 1 is 1.33 bits per heavy atom. The number of urea groups is 1. The van der Waals surface area contributed by atoms with Crippen molar-refractivity contribution in [1.29, 1.82) is 0 Å². The summed E-state index contributed by atoms with van der Waals surface area (Å²) in [5.41, 5.74) is 2.06. The fourth-order valence-corrected chi connectivity index (χ4v) is 2.72. The minimum absolute atomic E-state index is 0.0354. The number of aromatic carboxylic acids is 1. The summed E-state index contributed by atoms with van der Waals surface area (Å²) >= 11 is 0. The van der Waals surface area contributed by atoms with E-state index >= 15 is 0 Å². The van der Waals surface area contributed by atoms with Crippen LogP contribution in [0.5, 0.6) is 0 Å². The number of hydrogen-bond donors (Lipinski definition) is 1. The molecule has 0 fully saturated rings. The third kappa shape index (κ3) is 3.35. The van der Waals surface area contributed by atoms with E-state index in [2.05, 4.69) is 20.8 Å². The van der Waals surface area contributed by atoms with Crippen LogP contribution in [0.4, 0.5) is 10.5 Å². The van der Waals surface area contributed by atoms with Crippen LogP contribution >= 0.6 is 0 Å². The first-order valence-corrected chi connectivity index (χ1v) is 7.08. The molecular formula is C16H22N2O3. The molecule has 5 heteroatoms. The molecule has 1 N–H and O–H groups in total. The molecule has 1 aliphatic heterocycles. The van der Waals surface area contributed by atoms with Crippen LogP contribution in [-0.4, -0.2) is 42.1 Å². The number of nitrogens with zero attached hydrogens (tertiary/aromatic N) is 2. The van der Waals surface area contributed by atoms with Crippen molar-refractivity contribution in [1.82, 2.24) is 4.90 Å². The van der Waals surface area contributed by atoms with Crippen molar-refractivity contribution in [3.05, 3.63) is 29.3 Å². The van der Waals surface area contributed by atoms with Gasteiger partial charge in [0.1, 0.15) is 0 Å². The lowest BCUT2D eigenvalue weighted by Crippen LogP contribution is -2.43. The minimum Gasteiger partial charge on any atom is -0.478 e. The number of carboxylic acids is 1. The van der Waals surface area contributed by atoms with Crippen molar-refractivity contribution in [2.75, 3.05) is 25.0 Å². The molecule has 0 radical (unpaired) electrons. The standard InChI is InChI=1S/C16H22N2O3/c1-16(2,3)10-17(4)15(21)18-8-7-11-9-12(14(19)20)5-6-13(11)18/h5-6,9H,7-8,10H2,1-4H3,(H,19,20). The molecule has 1 aromatic carbocycles. The zero-order chi connectivity index (χ0) is 15.8. The van der Waals surface area contributed by atoms with Crippen molar-refractivity contribution in [3.8, 4) is 0 Å². The summed E-state index contributed by atoms with van der Waals surface area (Å²) < 4.78 is 0. The Morgan fingerprint density at radius 2 is 2.00 bits per heavy atom. The summed E-state index contributed by atoms with van der Waals surface area (Å²) in [4.78, 5) is 27.0. The molecule has 5 nitrogen and oxygen atoms in total. The third-order valence-corrected chi connectivity index (χ3v) is 3.49. The molecule has 1 heterocycles. The largest absolute Gasteiger partial charge is 0.478 e. The summed E-state index contributed by atoms with van der Waals surface area (Å²) in [5.74, 6) is -0.938. The predicted molar refractivity (Wildman–Crippen MR) is 81.9 cm³/mol. The van der Waals surface area contributed by atoms with E-state index in [1.54, 1.807) is 35.0 Å². The molecule has 1 aromatic rings. The van der Waals surface area contributed by atoms with Crippen molar-refractivity contribution < 1.29 is 14.7 Å². The SMILES string of the molecule is CN(CC(C)(C)C)C(=O)N1CCc2cc(C(=O)O)ccc21. The molecule has 0 bridgehead atoms. The van der Waals surface area contributed by atoms with Gasteiger partial charge in [0.25, 0.3) is 0 Å². The van der Waals surface area contributed by atoms with Gasteiger partial charge < -0.3 is 10.0 Å². The van der Waals surface area contributed by atoms with Gasteiger partial charge in [0, 0.05) is 25.8 Å². The van der Waals surface area contributed by atoms with E-state index in [0.29, 0.717) is 19.5 Å². The molecule has 21 heavy (non-hydrogen) atoms. The zero-order valence-corrected chi connectivity index (χ0v) is 13.0. The van der Waals surface area contributed by atoms with Gasteiger partial charge in [-0.05, 0) is 35.6 Å². The van der Waals surface area contributed by atoms with Crippen LogP contribution < -0.4 is 4.90 Å². The maximum atomic E-state index is 12.5. The Labute approximate surface area is 125 Å². The van der Waals surface area contributed by atoms with Gasteiger partial charge in [0.15, 0.2) is 0 Å². The molecule has 2 amide bonds. The fourth-order valence-electron chi connectivity index (χ4n) is 2.72. The lowest BCUT2D eigenvalue weighted by atomic mass is 9.96. The van der Waals surface area contributed by atoms with Crippen molar-refractivity contribution >= 4 is 17.7 Å². The van der Waals surface area contributed by atoms with Gasteiger partial charge in [0.05, 0.1) is 5.56 Å². The van der Waals surface area contributed by atoms with Crippen LogP contribution in [0, 0.1) is 5.41 Å². The summed E-state index contributed by atoms with van der Waals surface area (Å²) in [6.45, 7) is 7.55. The highest BCUT2D eigenvalue weighted by Crippen LogP contribution is 2.30. The van der Waals surface area contributed by atoms with E-state index in [1.165, 1.54) is 0 Å². The predicted octanol–water partition coefficient (Wildman–Crippen LogP) is 2.85. The van der Waals surface area contributed by atoms with E-state index in [-0.39, 0.29) is 17.0 Å². The lowest BCUT2D eigenvalue weighted by molar-refractivity contribution is 0.0697. The van der Waals surface area contributed by atoms with Crippen LogP contribution in [0.3, 0.4) is 0 Å². The highest BCUT2D eigenvalue weighted by Gasteiger charge is 2.29. The van der Waals surface area contributed by atoms with Gasteiger partial charge in [-0.25, -0.2) is 9.59 Å². The van der Waals surface area contributed by atoms with E-state index in [0.717, 1.165) is 11.3 Å². The molecular weight excluding hydrogens is 268 g/mol. The smallest absolute Gasteiger partial charge is 0.335 e. The van der Waals surface area contributed by atoms with Crippen LogP contribution in [0.15, 0.2) is 18.2 Å². The number of rotatable bonds is 2. The number of carbonyl (C=O) groups excluding carboxylic acids is 1. The number of fused-ring (bicyclic) bond motifs is 1. The third-order valence-electron chi connectivity index (χ3n) is 3.49. The molecule has 114 valence electrons. The highest BCUT2D eigenvalue weighted by molar-refractivity contribution is 5.95. The quantitative estimate of drug-likeness (QED) is 0.911. The Hall–Kier alpha value is -2.04. The van der Waals surface area contributed by atoms with Gasteiger partial charge in [0.2, 0.25) is 0 Å². The highest BCUT2D eigenvalue weighted by atomic mass is 16.4. The first-order chi connectivity index (χ1) is 9.69. The summed E-state index contributed by atoms with van der Waals surface area (Å²) in [6.07, 6.45) is 0.700. The van der Waals surface area contributed by atoms with Crippen molar-refractivity contribution in [2.45, 2.75) is 27.2 Å². The van der Waals surface area contributed by atoms with Crippen molar-refractivity contribution in [2.24, 2.45) is 5.41 Å². The van der Waals surface area contributed by atoms with Crippen LogP contribution in [0.2, 0.25) is 0 Å². The van der Waals surface area contributed by atoms with Gasteiger partial charge in [-0.3, -0.25) is 4.90 Å². The maximum absolute atomic E-state index is 12.5. The van der Waals surface area contributed by atoms with Crippen LogP contribution in [-0.2, 0) is 6.42 Å². The molecule has 0 aromatic heterocycles. The Balaban J connectivity index is 2.19. The minimum atomic E-state index is -0.938. The molecule has 1 aliphatic rings. The molecule has 0 aliphatic carbocycles. The van der Waals surface area contributed by atoms with Gasteiger partial charge in [-0.1, -0.05) is 20.8 Å². The average molecular weight is 290 g/mol. The molecule has 0 spiro atoms. The molecule has 0 unspecified atom stereocenters. The van der Waals surface area contributed by atoms with Crippen LogP contribution in [0.1, 0.15) is 36.7 Å². The van der Waals surface area contributed by atoms with Crippen LogP contribution in [0.25, 0.3) is 0 Å². The average Bonchev–Trinajstić information content (AvgIpc) is 2.78. The Bertz CT molecular complexity index is 575. The normalized spacial score (nSPS) is 14.0. The lowest BCUT2D eigenvalue weighted by Gasteiger charge is -2.30. The van der Waals surface area contributed by atoms with Gasteiger partial charge in [-0.15, -0.1) is 0 Å². The molecule has 2 rings (SSSR count). The van der Waals surface area contributed by atoms with E-state index < -0.39 is 5.97 Å².